The summed E-state index contributed by atoms with van der Waals surface area (Å²) in [5, 5.41) is 7.66. The molecule has 2 aromatic heterocycles. The van der Waals surface area contributed by atoms with E-state index in [2.05, 4.69) is 53.6 Å². The molecule has 7 rings (SSSR count). The number of nitrogens with zero attached hydrogens (tertiary/aromatic N) is 4. The van der Waals surface area contributed by atoms with Crippen molar-refractivity contribution in [1.82, 2.24) is 25.2 Å². The molecule has 9 nitrogen and oxygen atoms in total. The van der Waals surface area contributed by atoms with Gasteiger partial charge in [0.2, 0.25) is 5.91 Å². The van der Waals surface area contributed by atoms with E-state index in [-0.39, 0.29) is 11.8 Å². The topological polar surface area (TPSA) is 98.4 Å². The van der Waals surface area contributed by atoms with Crippen molar-refractivity contribution < 1.29 is 9.53 Å². The number of likely N-dealkylation sites (tertiary alicyclic amines) is 1. The largest absolute Gasteiger partial charge is 0.377 e. The molecular formula is C29H37N7O2. The molecule has 1 aromatic carbocycles. The van der Waals surface area contributed by atoms with Crippen LogP contribution in [0.1, 0.15) is 38.5 Å². The average Bonchev–Trinajstić information content (AvgIpc) is 3.51. The first-order valence-corrected chi connectivity index (χ1v) is 14.3. The summed E-state index contributed by atoms with van der Waals surface area (Å²) in [5.41, 5.74) is 3.77. The Morgan fingerprint density at radius 3 is 2.39 bits per heavy atom. The van der Waals surface area contributed by atoms with Gasteiger partial charge in [-0.2, -0.15) is 0 Å². The molecule has 200 valence electrons. The lowest BCUT2D eigenvalue weighted by Gasteiger charge is -2.39. The third-order valence-corrected chi connectivity index (χ3v) is 9.08. The summed E-state index contributed by atoms with van der Waals surface area (Å²) in [5.74, 6) is 1.24. The maximum Gasteiger partial charge on any atom is 0.227 e. The number of anilines is 2. The Morgan fingerprint density at radius 2 is 1.66 bits per heavy atom. The van der Waals surface area contributed by atoms with E-state index < -0.39 is 0 Å². The first kappa shape index (κ1) is 24.1. The molecule has 0 saturated carbocycles. The summed E-state index contributed by atoms with van der Waals surface area (Å²) < 4.78 is 5.77. The van der Waals surface area contributed by atoms with Crippen LogP contribution in [0.3, 0.4) is 0 Å². The molecule has 4 saturated heterocycles. The minimum Gasteiger partial charge on any atom is -0.377 e. The lowest BCUT2D eigenvalue weighted by Crippen LogP contribution is -2.47. The van der Waals surface area contributed by atoms with Crippen LogP contribution in [0.2, 0.25) is 0 Å². The summed E-state index contributed by atoms with van der Waals surface area (Å²) in [6, 6.07) is 11.7. The maximum atomic E-state index is 13.0. The number of H-pyrrole nitrogens is 1. The fraction of sp³-hybridized carbons (Fsp3) is 0.552. The molecule has 9 heteroatoms. The number of amides is 1. The number of morpholine rings is 1. The molecule has 0 spiro atoms. The monoisotopic (exact) mass is 515 g/mol. The number of piperidine rings is 2. The number of aromatic amines is 1. The molecule has 3 aromatic rings. The van der Waals surface area contributed by atoms with Gasteiger partial charge in [-0.25, -0.2) is 9.97 Å². The van der Waals surface area contributed by atoms with Crippen molar-refractivity contribution >= 4 is 28.4 Å². The van der Waals surface area contributed by atoms with E-state index in [1.807, 2.05) is 12.1 Å². The smallest absolute Gasteiger partial charge is 0.227 e. The summed E-state index contributed by atoms with van der Waals surface area (Å²) >= 11 is 0. The van der Waals surface area contributed by atoms with Crippen LogP contribution in [0.5, 0.6) is 0 Å². The lowest BCUT2D eigenvalue weighted by molar-refractivity contribution is -0.121. The summed E-state index contributed by atoms with van der Waals surface area (Å²) in [7, 11) is 0. The van der Waals surface area contributed by atoms with E-state index in [0.717, 1.165) is 98.9 Å². The Morgan fingerprint density at radius 1 is 0.921 bits per heavy atom. The second-order valence-electron chi connectivity index (χ2n) is 11.3. The van der Waals surface area contributed by atoms with Gasteiger partial charge in [-0.15, -0.1) is 0 Å². The van der Waals surface area contributed by atoms with Crippen LogP contribution in [-0.4, -0.2) is 83.3 Å². The number of fused-ring (bicyclic) bond motifs is 3. The van der Waals surface area contributed by atoms with Crippen LogP contribution < -0.4 is 15.5 Å². The van der Waals surface area contributed by atoms with Crippen LogP contribution in [-0.2, 0) is 9.53 Å². The number of benzene rings is 1. The van der Waals surface area contributed by atoms with Gasteiger partial charge >= 0.3 is 0 Å². The van der Waals surface area contributed by atoms with E-state index in [1.54, 1.807) is 6.33 Å². The van der Waals surface area contributed by atoms with Crippen LogP contribution in [0.15, 0.2) is 36.7 Å². The summed E-state index contributed by atoms with van der Waals surface area (Å²) in [6.45, 7) is 5.82. The van der Waals surface area contributed by atoms with Crippen LogP contribution in [0.25, 0.3) is 22.3 Å². The van der Waals surface area contributed by atoms with Gasteiger partial charge in [-0.1, -0.05) is 12.1 Å². The quantitative estimate of drug-likeness (QED) is 0.479. The predicted molar refractivity (Wildman–Crippen MR) is 148 cm³/mol. The van der Waals surface area contributed by atoms with Crippen molar-refractivity contribution in [3.05, 3.63) is 36.7 Å². The molecule has 1 amide bonds. The molecule has 6 heterocycles. The Balaban J connectivity index is 1.01. The first-order chi connectivity index (χ1) is 18.7. The molecule has 0 aliphatic carbocycles. The third kappa shape index (κ3) is 4.57. The Bertz CT molecular complexity index is 1260. The highest BCUT2D eigenvalue weighted by molar-refractivity contribution is 5.94. The minimum atomic E-state index is 0.0915. The molecular weight excluding hydrogens is 478 g/mol. The van der Waals surface area contributed by atoms with E-state index in [9.17, 15) is 4.79 Å². The Hall–Kier alpha value is -3.01. The van der Waals surface area contributed by atoms with Crippen molar-refractivity contribution in [1.29, 1.82) is 0 Å². The molecule has 3 N–H and O–H groups in total. The fourth-order valence-corrected chi connectivity index (χ4v) is 6.94. The zero-order valence-corrected chi connectivity index (χ0v) is 21.9. The van der Waals surface area contributed by atoms with E-state index in [4.69, 9.17) is 4.74 Å². The van der Waals surface area contributed by atoms with Gasteiger partial charge in [-0.3, -0.25) is 4.79 Å². The molecule has 4 fully saturated rings. The molecule has 2 atom stereocenters. The number of hydrogen-bond acceptors (Lipinski definition) is 7. The van der Waals surface area contributed by atoms with Crippen LogP contribution >= 0.6 is 0 Å². The highest BCUT2D eigenvalue weighted by Crippen LogP contribution is 2.37. The second kappa shape index (κ2) is 10.3. The number of hydrogen-bond donors (Lipinski definition) is 3. The highest BCUT2D eigenvalue weighted by Gasteiger charge is 2.39. The van der Waals surface area contributed by atoms with Crippen molar-refractivity contribution in [3.63, 3.8) is 0 Å². The SMILES string of the molecule is O=C(Nc1ccc(-c2cc3c(N4C5CCC4COC5)ncnc3[nH]2)cc1)C1CCN(C2CCNCC2)CC1. The lowest BCUT2D eigenvalue weighted by atomic mass is 9.93. The van der Waals surface area contributed by atoms with E-state index in [0.29, 0.717) is 18.1 Å². The van der Waals surface area contributed by atoms with Gasteiger partial charge in [0.25, 0.3) is 0 Å². The number of aromatic nitrogens is 3. The Kier molecular flexibility index (Phi) is 6.51. The van der Waals surface area contributed by atoms with Crippen LogP contribution in [0, 0.1) is 5.92 Å². The number of carbonyl (C=O) groups excluding carboxylic acids is 1. The van der Waals surface area contributed by atoms with Crippen LogP contribution in [0.4, 0.5) is 11.5 Å². The average molecular weight is 516 g/mol. The standard InChI is InChI=1S/C29H37N7O2/c37-29(20-9-13-35(14-10-20)22-7-11-30-12-8-22)33-21-3-1-19(2-4-21)26-15-25-27(34-26)31-18-32-28(25)36-23-5-6-24(36)17-38-16-23/h1-4,15,18,20,22-24,30H,5-14,16-17H2,(H,33,37)(H,31,32,34). The van der Waals surface area contributed by atoms with Crippen molar-refractivity contribution in [2.45, 2.75) is 56.7 Å². The van der Waals surface area contributed by atoms with Gasteiger partial charge in [-0.05, 0) is 88.5 Å². The molecule has 4 aliphatic heterocycles. The number of carbonyl (C=O) groups is 1. The molecule has 4 aliphatic rings. The third-order valence-electron chi connectivity index (χ3n) is 9.08. The van der Waals surface area contributed by atoms with Gasteiger partial charge in [0.1, 0.15) is 17.8 Å². The number of ether oxygens (including phenoxy) is 1. The van der Waals surface area contributed by atoms with Gasteiger partial charge < -0.3 is 30.2 Å². The molecule has 2 unspecified atom stereocenters. The summed E-state index contributed by atoms with van der Waals surface area (Å²) in [4.78, 5) is 30.7. The fourth-order valence-electron chi connectivity index (χ4n) is 6.94. The van der Waals surface area contributed by atoms with Crippen molar-refractivity contribution in [2.75, 3.05) is 49.6 Å². The Labute approximate surface area is 223 Å². The zero-order chi connectivity index (χ0) is 25.5. The maximum absolute atomic E-state index is 13.0. The van der Waals surface area contributed by atoms with E-state index in [1.165, 1.54) is 12.8 Å². The first-order valence-electron chi connectivity index (χ1n) is 14.3. The molecule has 0 radical (unpaired) electrons. The second-order valence-corrected chi connectivity index (χ2v) is 11.3. The van der Waals surface area contributed by atoms with Gasteiger partial charge in [0, 0.05) is 23.3 Å². The summed E-state index contributed by atoms with van der Waals surface area (Å²) in [6.07, 6.45) is 8.29. The van der Waals surface area contributed by atoms with Gasteiger partial charge in [0.05, 0.1) is 30.7 Å². The normalized spacial score (nSPS) is 25.2. The molecule has 38 heavy (non-hydrogen) atoms. The van der Waals surface area contributed by atoms with Crippen molar-refractivity contribution in [2.24, 2.45) is 5.92 Å². The predicted octanol–water partition coefficient (Wildman–Crippen LogP) is 3.40. The number of rotatable bonds is 5. The number of nitrogens with one attached hydrogen (secondary N) is 3. The minimum absolute atomic E-state index is 0.0915. The highest BCUT2D eigenvalue weighted by atomic mass is 16.5. The zero-order valence-electron chi connectivity index (χ0n) is 21.9. The van der Waals surface area contributed by atoms with Crippen molar-refractivity contribution in [3.8, 4) is 11.3 Å². The van der Waals surface area contributed by atoms with Gasteiger partial charge in [0.15, 0.2) is 0 Å². The molecule has 2 bridgehead atoms. The van der Waals surface area contributed by atoms with E-state index >= 15 is 0 Å².